The van der Waals surface area contributed by atoms with Crippen molar-refractivity contribution < 1.29 is 4.42 Å². The molecule has 1 saturated carbocycles. The van der Waals surface area contributed by atoms with Crippen LogP contribution >= 0.6 is 0 Å². The molecule has 4 aliphatic carbocycles. The lowest BCUT2D eigenvalue weighted by atomic mass is 9.35. The van der Waals surface area contributed by atoms with Gasteiger partial charge in [-0.25, -0.2) is 0 Å². The molecule has 0 amide bonds. The summed E-state index contributed by atoms with van der Waals surface area (Å²) in [5.74, 6) is 0. The number of hydrogen-bond acceptors (Lipinski definition) is 4. The molecular weight excluding hydrogens is 994 g/mol. The molecule has 424 valence electrons. The Morgan fingerprint density at radius 1 is 0.439 bits per heavy atom. The first-order valence-electron chi connectivity index (χ1n) is 32.1. The van der Waals surface area contributed by atoms with Crippen molar-refractivity contribution in [1.82, 2.24) is 0 Å². The third kappa shape index (κ3) is 6.98. The number of anilines is 8. The van der Waals surface area contributed by atoms with Crippen LogP contribution < -0.4 is 31.3 Å². The van der Waals surface area contributed by atoms with E-state index < -0.39 is 0 Å². The molecule has 4 aliphatic heterocycles. The third-order valence-electron chi connectivity index (χ3n) is 24.3. The molecular formula is C77H92BN3O. The predicted octanol–water partition coefficient (Wildman–Crippen LogP) is 19.3. The molecule has 0 radical (unpaired) electrons. The summed E-state index contributed by atoms with van der Waals surface area (Å²) in [5.41, 5.74) is 28.1. The van der Waals surface area contributed by atoms with Gasteiger partial charge >= 0.3 is 0 Å². The highest BCUT2D eigenvalue weighted by atomic mass is 16.3. The fourth-order valence-electron chi connectivity index (χ4n) is 18.7. The van der Waals surface area contributed by atoms with Crippen LogP contribution in [0.1, 0.15) is 245 Å². The molecule has 4 unspecified atom stereocenters. The Balaban J connectivity index is 1.14. The summed E-state index contributed by atoms with van der Waals surface area (Å²) in [7, 11) is 0. The highest BCUT2D eigenvalue weighted by molar-refractivity contribution is 7.00. The number of hydrogen-bond donors (Lipinski definition) is 0. The van der Waals surface area contributed by atoms with Crippen molar-refractivity contribution in [3.8, 4) is 0 Å². The summed E-state index contributed by atoms with van der Waals surface area (Å²) >= 11 is 0. The van der Waals surface area contributed by atoms with Crippen LogP contribution in [0.4, 0.5) is 45.5 Å². The second kappa shape index (κ2) is 16.2. The van der Waals surface area contributed by atoms with Gasteiger partial charge < -0.3 is 19.1 Å². The van der Waals surface area contributed by atoms with Crippen LogP contribution in [0.25, 0.3) is 11.0 Å². The largest absolute Gasteiger partial charge is 0.468 e. The summed E-state index contributed by atoms with van der Waals surface area (Å²) < 4.78 is 7.97. The Hall–Kier alpha value is -5.68. The summed E-state index contributed by atoms with van der Waals surface area (Å²) in [6.45, 7) is 44.9. The van der Waals surface area contributed by atoms with Gasteiger partial charge in [0.15, 0.2) is 0 Å². The predicted molar refractivity (Wildman–Crippen MR) is 350 cm³/mol. The minimum absolute atomic E-state index is 0.000215. The molecule has 82 heavy (non-hydrogen) atoms. The maximum Gasteiger partial charge on any atom is 0.297 e. The second-order valence-electron chi connectivity index (χ2n) is 33.7. The molecule has 0 N–H and O–H groups in total. The van der Waals surface area contributed by atoms with Crippen molar-refractivity contribution in [3.63, 3.8) is 0 Å². The SMILES string of the molecule is CC(C)(C)c1cc(N2c3cc4c(cc3B3c5oc6cc7c8cc6c5N(c5ccc6c(c5)C(C)(CCC6(C)C)CC8(C)CCC7(C)C)c5cc(N6c7ccccc7C7(C)CCCCC67C)cc2c53)C(C)(C)CCC4(C)C)cc(C(C)(C)C)c1. The summed E-state index contributed by atoms with van der Waals surface area (Å²) in [6.07, 6.45) is 12.9. The average molecular weight is 1090 g/mol. The second-order valence-corrected chi connectivity index (χ2v) is 33.7. The lowest BCUT2D eigenvalue weighted by molar-refractivity contribution is 0.195. The van der Waals surface area contributed by atoms with Crippen molar-refractivity contribution in [3.05, 3.63) is 147 Å². The van der Waals surface area contributed by atoms with Crippen LogP contribution in [0.3, 0.4) is 0 Å². The zero-order valence-corrected chi connectivity index (χ0v) is 53.3. The number of benzene rings is 6. The topological polar surface area (TPSA) is 22.9 Å². The first-order valence-corrected chi connectivity index (χ1v) is 32.1. The van der Waals surface area contributed by atoms with Crippen molar-refractivity contribution >= 4 is 79.8 Å². The molecule has 4 nitrogen and oxygen atoms in total. The van der Waals surface area contributed by atoms with Gasteiger partial charge in [0, 0.05) is 50.6 Å². The Kier molecular flexibility index (Phi) is 10.5. The monoisotopic (exact) mass is 1090 g/mol. The molecule has 15 rings (SSSR count). The van der Waals surface area contributed by atoms with E-state index in [1.54, 1.807) is 11.1 Å². The van der Waals surface area contributed by atoms with Gasteiger partial charge in [-0.1, -0.05) is 167 Å². The molecule has 0 spiro atoms. The van der Waals surface area contributed by atoms with E-state index in [0.29, 0.717) is 0 Å². The Morgan fingerprint density at radius 2 is 1.00 bits per heavy atom. The van der Waals surface area contributed by atoms with Crippen LogP contribution in [0, 0.1) is 0 Å². The van der Waals surface area contributed by atoms with E-state index in [4.69, 9.17) is 4.42 Å². The smallest absolute Gasteiger partial charge is 0.297 e. The van der Waals surface area contributed by atoms with E-state index >= 15 is 0 Å². The van der Waals surface area contributed by atoms with Crippen molar-refractivity contribution in [1.29, 1.82) is 0 Å². The minimum atomic E-state index is -0.159. The molecule has 4 atom stereocenters. The van der Waals surface area contributed by atoms with Crippen LogP contribution in [-0.4, -0.2) is 12.3 Å². The lowest BCUT2D eigenvalue weighted by Gasteiger charge is -2.51. The fourth-order valence-corrected chi connectivity index (χ4v) is 18.7. The van der Waals surface area contributed by atoms with Crippen LogP contribution in [0.2, 0.25) is 0 Å². The van der Waals surface area contributed by atoms with E-state index in [9.17, 15) is 0 Å². The Bertz CT molecular complexity index is 3910. The zero-order valence-electron chi connectivity index (χ0n) is 53.3. The van der Waals surface area contributed by atoms with Gasteiger partial charge in [-0.05, 0) is 230 Å². The van der Waals surface area contributed by atoms with Crippen LogP contribution in [-0.2, 0) is 48.7 Å². The molecule has 1 fully saturated rings. The van der Waals surface area contributed by atoms with Gasteiger partial charge in [-0.2, -0.15) is 0 Å². The standard InChI is InChI=1S/C77H92BN3O/c1-68(2,3)46-35-47(69(4,5)6)37-49(36-46)79-61-43-55-54(71(9,10)29-30-72(55,11)12)42-59(61)78-65-62(79)39-50(81-60-24-20-19-23-53(60)76(17)27-21-22-28-77(76,81)18)40-63(65)80-48-25-26-52-57(38-48)74(15,33-31-70(52,7)8)45-75(16)34-32-73(13,14)56-44-64-51(41-58(56)75)66(80)67(78)82-64/h19-20,23-26,35-44H,21-22,27-34,45H2,1-18H3. The van der Waals surface area contributed by atoms with Crippen LogP contribution in [0.15, 0.2) is 101 Å². The maximum absolute atomic E-state index is 7.97. The minimum Gasteiger partial charge on any atom is -0.468 e. The van der Waals surface area contributed by atoms with E-state index in [2.05, 4.69) is 236 Å². The lowest BCUT2D eigenvalue weighted by Crippen LogP contribution is -2.61. The van der Waals surface area contributed by atoms with Gasteiger partial charge in [-0.3, -0.25) is 0 Å². The summed E-state index contributed by atoms with van der Waals surface area (Å²) in [6, 6.07) is 41.0. The van der Waals surface area contributed by atoms with Gasteiger partial charge in [0.2, 0.25) is 0 Å². The summed E-state index contributed by atoms with van der Waals surface area (Å²) in [5, 5.41) is 1.26. The number of para-hydroxylation sites is 1. The first kappa shape index (κ1) is 53.1. The molecule has 4 bridgehead atoms. The van der Waals surface area contributed by atoms with Crippen LogP contribution in [0.5, 0.6) is 0 Å². The van der Waals surface area contributed by atoms with E-state index in [0.717, 1.165) is 43.3 Å². The zero-order chi connectivity index (χ0) is 57.8. The normalized spacial score (nSPS) is 27.3. The van der Waals surface area contributed by atoms with Crippen molar-refractivity contribution in [2.45, 2.75) is 250 Å². The molecule has 5 heteroatoms. The molecule has 8 aliphatic rings. The van der Waals surface area contributed by atoms with Crippen molar-refractivity contribution in [2.24, 2.45) is 0 Å². The number of nitrogens with zero attached hydrogens (tertiary/aromatic N) is 3. The molecule has 7 aromatic rings. The number of furan rings is 1. The average Bonchev–Trinajstić information content (AvgIpc) is 1.44. The van der Waals surface area contributed by atoms with E-state index in [1.807, 2.05) is 0 Å². The van der Waals surface area contributed by atoms with Gasteiger partial charge in [0.1, 0.15) is 5.58 Å². The quantitative estimate of drug-likeness (QED) is 0.161. The van der Waals surface area contributed by atoms with Crippen molar-refractivity contribution in [2.75, 3.05) is 14.7 Å². The maximum atomic E-state index is 7.97. The molecule has 0 saturated heterocycles. The first-order chi connectivity index (χ1) is 38.3. The molecule has 5 heterocycles. The molecule has 6 aromatic carbocycles. The summed E-state index contributed by atoms with van der Waals surface area (Å²) in [4.78, 5) is 8.40. The fraction of sp³-hybridized carbons (Fsp3) is 0.506. The molecule has 1 aromatic heterocycles. The van der Waals surface area contributed by atoms with Gasteiger partial charge in [0.25, 0.3) is 6.71 Å². The van der Waals surface area contributed by atoms with Gasteiger partial charge in [-0.15, -0.1) is 0 Å². The Morgan fingerprint density at radius 3 is 1.65 bits per heavy atom. The highest BCUT2D eigenvalue weighted by Gasteiger charge is 2.59. The highest BCUT2D eigenvalue weighted by Crippen LogP contribution is 2.64. The van der Waals surface area contributed by atoms with E-state index in [-0.39, 0.29) is 61.0 Å². The number of rotatable bonds is 2. The van der Waals surface area contributed by atoms with E-state index in [1.165, 1.54) is 139 Å². The van der Waals surface area contributed by atoms with Gasteiger partial charge in [0.05, 0.1) is 16.9 Å². The Labute approximate surface area is 492 Å². The number of fused-ring (bicyclic) bond motifs is 10. The third-order valence-corrected chi connectivity index (χ3v) is 24.3.